The van der Waals surface area contributed by atoms with Gasteiger partial charge in [-0.05, 0) is 18.1 Å². The summed E-state index contributed by atoms with van der Waals surface area (Å²) in [6, 6.07) is 6.05. The molecule has 1 aliphatic rings. The van der Waals surface area contributed by atoms with E-state index in [2.05, 4.69) is 5.32 Å². The number of primary amides is 1. The van der Waals surface area contributed by atoms with Crippen LogP contribution in [0.4, 0.5) is 4.39 Å². The highest BCUT2D eigenvalue weighted by atomic mass is 19.1. The van der Waals surface area contributed by atoms with Crippen molar-refractivity contribution in [2.24, 2.45) is 5.73 Å². The first kappa shape index (κ1) is 10.8. The number of hydrogen-bond acceptors (Lipinski definition) is 2. The maximum absolute atomic E-state index is 13.5. The molecule has 1 aromatic carbocycles. The zero-order chi connectivity index (χ0) is 11.5. The highest BCUT2D eigenvalue weighted by molar-refractivity contribution is 5.85. The van der Waals surface area contributed by atoms with Crippen LogP contribution in [0.1, 0.15) is 12.0 Å². The lowest BCUT2D eigenvalue weighted by atomic mass is 9.96. The van der Waals surface area contributed by atoms with Gasteiger partial charge in [-0.25, -0.2) is 4.39 Å². The average Bonchev–Trinajstić information content (AvgIpc) is 2.30. The van der Waals surface area contributed by atoms with Gasteiger partial charge in [-0.2, -0.15) is 0 Å². The molecule has 0 saturated heterocycles. The summed E-state index contributed by atoms with van der Waals surface area (Å²) < 4.78 is 13.5. The third-order valence-corrected chi connectivity index (χ3v) is 2.65. The maximum Gasteiger partial charge on any atom is 0.238 e. The molecule has 0 saturated carbocycles. The summed E-state index contributed by atoms with van der Waals surface area (Å²) in [7, 11) is 0. The molecule has 16 heavy (non-hydrogen) atoms. The fraction of sp³-hybridized carbons (Fsp3) is 0.250. The van der Waals surface area contributed by atoms with Crippen molar-refractivity contribution < 1.29 is 9.18 Å². The minimum absolute atomic E-state index is 0.265. The summed E-state index contributed by atoms with van der Waals surface area (Å²) in [5.74, 6) is -0.701. The van der Waals surface area contributed by atoms with Gasteiger partial charge in [0.2, 0.25) is 5.91 Å². The topological polar surface area (TPSA) is 55.1 Å². The zero-order valence-corrected chi connectivity index (χ0v) is 8.74. The first-order valence-corrected chi connectivity index (χ1v) is 5.17. The number of carbonyl (C=O) groups excluding carboxylic acids is 1. The van der Waals surface area contributed by atoms with Crippen LogP contribution in [0.5, 0.6) is 0 Å². The Labute approximate surface area is 93.1 Å². The highest BCUT2D eigenvalue weighted by Crippen LogP contribution is 2.23. The molecule has 3 N–H and O–H groups in total. The van der Waals surface area contributed by atoms with E-state index in [1.165, 1.54) is 6.07 Å². The number of benzene rings is 1. The minimum Gasteiger partial charge on any atom is -0.368 e. The van der Waals surface area contributed by atoms with Gasteiger partial charge >= 0.3 is 0 Å². The van der Waals surface area contributed by atoms with Crippen LogP contribution in [0.2, 0.25) is 0 Å². The molecule has 1 aromatic rings. The predicted molar refractivity (Wildman–Crippen MR) is 60.0 cm³/mol. The first-order chi connectivity index (χ1) is 7.68. The lowest BCUT2D eigenvalue weighted by molar-refractivity contribution is -0.119. The van der Waals surface area contributed by atoms with E-state index in [4.69, 9.17) is 5.73 Å². The smallest absolute Gasteiger partial charge is 0.238 e. The zero-order valence-electron chi connectivity index (χ0n) is 8.74. The Morgan fingerprint density at radius 3 is 2.88 bits per heavy atom. The molecule has 1 atom stereocenters. The number of nitrogens with one attached hydrogen (secondary N) is 1. The number of hydrogen-bond donors (Lipinski definition) is 2. The van der Waals surface area contributed by atoms with Gasteiger partial charge in [0.25, 0.3) is 0 Å². The van der Waals surface area contributed by atoms with E-state index in [-0.39, 0.29) is 5.82 Å². The van der Waals surface area contributed by atoms with Gasteiger partial charge in [0.15, 0.2) is 0 Å². The molecule has 0 fully saturated rings. The fourth-order valence-electron chi connectivity index (χ4n) is 1.83. The summed E-state index contributed by atoms with van der Waals surface area (Å²) in [5.41, 5.74) is 6.59. The summed E-state index contributed by atoms with van der Waals surface area (Å²) in [4.78, 5) is 11.0. The third-order valence-electron chi connectivity index (χ3n) is 2.65. The van der Waals surface area contributed by atoms with Crippen molar-refractivity contribution in [2.75, 3.05) is 6.54 Å². The van der Waals surface area contributed by atoms with Crippen LogP contribution in [0.15, 0.2) is 30.3 Å². The van der Waals surface area contributed by atoms with Crippen molar-refractivity contribution in [3.63, 3.8) is 0 Å². The molecule has 0 radical (unpaired) electrons. The van der Waals surface area contributed by atoms with Crippen molar-refractivity contribution in [3.8, 4) is 0 Å². The van der Waals surface area contributed by atoms with Gasteiger partial charge in [0, 0.05) is 12.1 Å². The normalized spacial score (nSPS) is 20.3. The summed E-state index contributed by atoms with van der Waals surface area (Å²) in [6.45, 7) is 0.633. The molecule has 84 valence electrons. The van der Waals surface area contributed by atoms with Gasteiger partial charge in [0.05, 0.1) is 0 Å². The molecule has 3 nitrogen and oxygen atoms in total. The van der Waals surface area contributed by atoms with Crippen LogP contribution < -0.4 is 11.1 Å². The van der Waals surface area contributed by atoms with E-state index < -0.39 is 11.9 Å². The Morgan fingerprint density at radius 2 is 2.19 bits per heavy atom. The van der Waals surface area contributed by atoms with E-state index in [1.807, 2.05) is 0 Å². The van der Waals surface area contributed by atoms with Gasteiger partial charge in [-0.3, -0.25) is 4.79 Å². The van der Waals surface area contributed by atoms with Crippen molar-refractivity contribution in [3.05, 3.63) is 41.7 Å². The standard InChI is InChI=1S/C12H13FN2O/c13-10-4-2-1-3-9(10)8-5-6-15-11(7-8)12(14)16/h1-4,7,11,15H,5-6H2,(H2,14,16). The SMILES string of the molecule is NC(=O)C1C=C(c2ccccc2F)CCN1. The van der Waals surface area contributed by atoms with Crippen molar-refractivity contribution >= 4 is 11.5 Å². The molecule has 4 heteroatoms. The second kappa shape index (κ2) is 4.45. The number of halogens is 1. The maximum atomic E-state index is 13.5. The second-order valence-corrected chi connectivity index (χ2v) is 3.76. The van der Waals surface area contributed by atoms with E-state index in [0.29, 0.717) is 18.5 Å². The molecule has 1 aliphatic heterocycles. The van der Waals surface area contributed by atoms with Gasteiger partial charge in [-0.15, -0.1) is 0 Å². The number of amides is 1. The van der Waals surface area contributed by atoms with E-state index >= 15 is 0 Å². The van der Waals surface area contributed by atoms with Gasteiger partial charge < -0.3 is 11.1 Å². The van der Waals surface area contributed by atoms with Crippen LogP contribution in [0, 0.1) is 5.82 Å². The lowest BCUT2D eigenvalue weighted by Crippen LogP contribution is -2.42. The monoisotopic (exact) mass is 220 g/mol. The molecule has 2 rings (SSSR count). The summed E-state index contributed by atoms with van der Waals surface area (Å²) >= 11 is 0. The Bertz CT molecular complexity index is 442. The highest BCUT2D eigenvalue weighted by Gasteiger charge is 2.19. The molecule has 1 amide bonds. The molecular weight excluding hydrogens is 207 g/mol. The molecule has 1 heterocycles. The average molecular weight is 220 g/mol. The second-order valence-electron chi connectivity index (χ2n) is 3.76. The summed E-state index contributed by atoms with van der Waals surface area (Å²) in [5, 5.41) is 2.96. The molecule has 0 bridgehead atoms. The Balaban J connectivity index is 2.34. The Morgan fingerprint density at radius 1 is 1.44 bits per heavy atom. The third kappa shape index (κ3) is 2.12. The Kier molecular flexibility index (Phi) is 3.01. The van der Waals surface area contributed by atoms with Gasteiger partial charge in [0.1, 0.15) is 11.9 Å². The molecule has 0 aromatic heterocycles. The molecule has 1 unspecified atom stereocenters. The van der Waals surface area contributed by atoms with E-state index in [0.717, 1.165) is 5.57 Å². The molecular formula is C12H13FN2O. The van der Waals surface area contributed by atoms with Gasteiger partial charge in [-0.1, -0.05) is 24.3 Å². The first-order valence-electron chi connectivity index (χ1n) is 5.17. The summed E-state index contributed by atoms with van der Waals surface area (Å²) in [6.07, 6.45) is 2.40. The van der Waals surface area contributed by atoms with Crippen LogP contribution in [0.25, 0.3) is 5.57 Å². The predicted octanol–water partition coefficient (Wildman–Crippen LogP) is 1.06. The van der Waals surface area contributed by atoms with Crippen LogP contribution in [-0.4, -0.2) is 18.5 Å². The van der Waals surface area contributed by atoms with Crippen molar-refractivity contribution in [1.29, 1.82) is 0 Å². The van der Waals surface area contributed by atoms with E-state index in [1.54, 1.807) is 24.3 Å². The molecule has 0 spiro atoms. The van der Waals surface area contributed by atoms with Crippen LogP contribution in [0.3, 0.4) is 0 Å². The van der Waals surface area contributed by atoms with Crippen molar-refractivity contribution in [1.82, 2.24) is 5.32 Å². The lowest BCUT2D eigenvalue weighted by Gasteiger charge is -2.20. The fourth-order valence-corrected chi connectivity index (χ4v) is 1.83. The quantitative estimate of drug-likeness (QED) is 0.783. The number of nitrogens with two attached hydrogens (primary N) is 1. The van der Waals surface area contributed by atoms with E-state index in [9.17, 15) is 9.18 Å². The van der Waals surface area contributed by atoms with Crippen LogP contribution >= 0.6 is 0 Å². The number of carbonyl (C=O) groups is 1. The minimum atomic E-state index is -0.497. The number of rotatable bonds is 2. The molecule has 0 aliphatic carbocycles. The largest absolute Gasteiger partial charge is 0.368 e. The Hall–Kier alpha value is -1.68. The van der Waals surface area contributed by atoms with Crippen molar-refractivity contribution in [2.45, 2.75) is 12.5 Å². The van der Waals surface area contributed by atoms with Crippen LogP contribution in [-0.2, 0) is 4.79 Å².